The summed E-state index contributed by atoms with van der Waals surface area (Å²) in [5.41, 5.74) is 0.896. The van der Waals surface area contributed by atoms with Gasteiger partial charge in [0.1, 0.15) is 6.20 Å². The number of nitrogens with zero attached hydrogens (tertiary/aromatic N) is 4. The minimum absolute atomic E-state index is 0.0270. The van der Waals surface area contributed by atoms with E-state index in [9.17, 15) is 10.1 Å². The first-order chi connectivity index (χ1) is 10.1. The van der Waals surface area contributed by atoms with E-state index in [1.54, 1.807) is 29.6 Å². The van der Waals surface area contributed by atoms with Crippen molar-refractivity contribution in [2.75, 3.05) is 11.9 Å². The van der Waals surface area contributed by atoms with Crippen molar-refractivity contribution in [2.45, 2.75) is 6.54 Å². The Bertz CT molecular complexity index is 813. The second kappa shape index (κ2) is 5.34. The third-order valence-corrected chi connectivity index (χ3v) is 4.24. The zero-order valence-corrected chi connectivity index (χ0v) is 12.6. The first-order valence-corrected chi connectivity index (χ1v) is 7.38. The molecule has 0 N–H and O–H groups in total. The summed E-state index contributed by atoms with van der Waals surface area (Å²) in [4.78, 5) is 17.6. The van der Waals surface area contributed by atoms with E-state index in [0.717, 1.165) is 5.56 Å². The van der Waals surface area contributed by atoms with Gasteiger partial charge in [0, 0.05) is 24.0 Å². The Morgan fingerprint density at radius 2 is 2.24 bits per heavy atom. The number of hydrogen-bond donors (Lipinski definition) is 0. The summed E-state index contributed by atoms with van der Waals surface area (Å²) in [5.74, 6) is 0.313. The molecule has 0 unspecified atom stereocenters. The van der Waals surface area contributed by atoms with Crippen molar-refractivity contribution < 1.29 is 4.92 Å². The topological polar surface area (TPSA) is 63.7 Å². The van der Waals surface area contributed by atoms with Crippen LogP contribution in [0.25, 0.3) is 4.96 Å². The first-order valence-electron chi connectivity index (χ1n) is 6.12. The van der Waals surface area contributed by atoms with Crippen molar-refractivity contribution in [3.63, 3.8) is 0 Å². The third-order valence-electron chi connectivity index (χ3n) is 3.12. The number of rotatable bonds is 4. The maximum atomic E-state index is 11.3. The smallest absolute Gasteiger partial charge is 0.358 e. The van der Waals surface area contributed by atoms with E-state index < -0.39 is 4.92 Å². The molecule has 0 spiro atoms. The van der Waals surface area contributed by atoms with Gasteiger partial charge in [-0.05, 0) is 16.6 Å². The van der Waals surface area contributed by atoms with Gasteiger partial charge in [-0.25, -0.2) is 0 Å². The van der Waals surface area contributed by atoms with Crippen LogP contribution in [0, 0.1) is 10.1 Å². The molecule has 0 amide bonds. The van der Waals surface area contributed by atoms with Crippen LogP contribution in [0.1, 0.15) is 5.56 Å². The van der Waals surface area contributed by atoms with E-state index in [1.807, 2.05) is 18.2 Å². The van der Waals surface area contributed by atoms with Crippen LogP contribution in [0.4, 0.5) is 11.6 Å². The Hall–Kier alpha value is -2.12. The minimum Gasteiger partial charge on any atom is -0.358 e. The lowest BCUT2D eigenvalue weighted by Gasteiger charge is -2.16. The summed E-state index contributed by atoms with van der Waals surface area (Å²) in [6.07, 6.45) is 1.65. The van der Waals surface area contributed by atoms with E-state index in [2.05, 4.69) is 4.98 Å². The number of imidazole rings is 1. The highest BCUT2D eigenvalue weighted by molar-refractivity contribution is 7.15. The van der Waals surface area contributed by atoms with Gasteiger partial charge in [0.25, 0.3) is 4.96 Å². The van der Waals surface area contributed by atoms with E-state index in [0.29, 0.717) is 22.3 Å². The molecule has 6 nitrogen and oxygen atoms in total. The standard InChI is InChI=1S/C13H11ClN4O2S/c1-16(8-9-4-2-3-5-10(9)14)11-12(18(19)20)17-6-7-21-13(17)15-11/h2-7H,8H2,1H3. The van der Waals surface area contributed by atoms with Crippen LogP contribution in [0.15, 0.2) is 35.8 Å². The molecule has 0 bridgehead atoms. The number of nitro groups is 1. The summed E-state index contributed by atoms with van der Waals surface area (Å²) in [5, 5.41) is 13.7. The molecule has 1 aromatic carbocycles. The van der Waals surface area contributed by atoms with Crippen molar-refractivity contribution in [1.82, 2.24) is 9.38 Å². The molecule has 0 aliphatic rings. The second-order valence-electron chi connectivity index (χ2n) is 4.52. The fourth-order valence-electron chi connectivity index (χ4n) is 2.15. The van der Waals surface area contributed by atoms with Gasteiger partial charge < -0.3 is 15.0 Å². The van der Waals surface area contributed by atoms with Crippen molar-refractivity contribution in [3.05, 3.63) is 56.5 Å². The Kier molecular flexibility index (Phi) is 3.52. The fraction of sp³-hybridized carbons (Fsp3) is 0.154. The van der Waals surface area contributed by atoms with Gasteiger partial charge in [-0.1, -0.05) is 41.1 Å². The number of fused-ring (bicyclic) bond motifs is 1. The Balaban J connectivity index is 2.00. The SMILES string of the molecule is CN(Cc1ccccc1Cl)c1nc2sccn2c1[N+](=O)[O-]. The molecule has 0 radical (unpaired) electrons. The molecule has 2 aromatic heterocycles. The van der Waals surface area contributed by atoms with E-state index >= 15 is 0 Å². The summed E-state index contributed by atoms with van der Waals surface area (Å²) in [7, 11) is 1.77. The van der Waals surface area contributed by atoms with E-state index in [-0.39, 0.29) is 5.82 Å². The highest BCUT2D eigenvalue weighted by Gasteiger charge is 2.26. The molecule has 2 heterocycles. The van der Waals surface area contributed by atoms with Crippen LogP contribution < -0.4 is 4.90 Å². The molecule has 8 heteroatoms. The fourth-order valence-corrected chi connectivity index (χ4v) is 3.04. The Morgan fingerprint density at radius 1 is 1.48 bits per heavy atom. The zero-order chi connectivity index (χ0) is 15.0. The molecular formula is C13H11ClN4O2S. The van der Waals surface area contributed by atoms with Crippen molar-refractivity contribution in [1.29, 1.82) is 0 Å². The summed E-state index contributed by atoms with van der Waals surface area (Å²) in [6.45, 7) is 0.450. The Labute approximate surface area is 129 Å². The van der Waals surface area contributed by atoms with Crippen LogP contribution in [0.5, 0.6) is 0 Å². The molecular weight excluding hydrogens is 312 g/mol. The van der Waals surface area contributed by atoms with Crippen LogP contribution >= 0.6 is 22.9 Å². The van der Waals surface area contributed by atoms with Crippen LogP contribution in [0.2, 0.25) is 5.02 Å². The van der Waals surface area contributed by atoms with Crippen molar-refractivity contribution >= 4 is 39.5 Å². The molecule has 0 atom stereocenters. The number of anilines is 1. The normalized spacial score (nSPS) is 11.0. The van der Waals surface area contributed by atoms with Crippen LogP contribution in [0.3, 0.4) is 0 Å². The highest BCUT2D eigenvalue weighted by Crippen LogP contribution is 2.31. The molecule has 0 fully saturated rings. The molecule has 108 valence electrons. The minimum atomic E-state index is -0.412. The Morgan fingerprint density at radius 3 is 2.95 bits per heavy atom. The number of benzene rings is 1. The molecule has 0 aliphatic carbocycles. The van der Waals surface area contributed by atoms with Gasteiger partial charge in [0.05, 0.1) is 0 Å². The summed E-state index contributed by atoms with van der Waals surface area (Å²) < 4.78 is 1.49. The maximum absolute atomic E-state index is 11.3. The van der Waals surface area contributed by atoms with Gasteiger partial charge in [-0.15, -0.1) is 0 Å². The predicted octanol–water partition coefficient (Wildman–Crippen LogP) is 3.59. The van der Waals surface area contributed by atoms with Gasteiger partial charge in [0.2, 0.25) is 5.82 Å². The van der Waals surface area contributed by atoms with Crippen molar-refractivity contribution in [2.24, 2.45) is 0 Å². The molecule has 0 aliphatic heterocycles. The molecule has 3 rings (SSSR count). The van der Waals surface area contributed by atoms with Crippen LogP contribution in [-0.2, 0) is 6.54 Å². The van der Waals surface area contributed by atoms with Crippen molar-refractivity contribution in [3.8, 4) is 0 Å². The van der Waals surface area contributed by atoms with Crippen LogP contribution in [-0.4, -0.2) is 21.4 Å². The lowest BCUT2D eigenvalue weighted by Crippen LogP contribution is -2.18. The number of halogens is 1. The van der Waals surface area contributed by atoms with E-state index in [1.165, 1.54) is 15.7 Å². The maximum Gasteiger partial charge on any atom is 0.373 e. The zero-order valence-electron chi connectivity index (χ0n) is 11.1. The molecule has 0 saturated carbocycles. The largest absolute Gasteiger partial charge is 0.373 e. The first kappa shape index (κ1) is 13.8. The van der Waals surface area contributed by atoms with Gasteiger partial charge >= 0.3 is 5.82 Å². The summed E-state index contributed by atoms with van der Waals surface area (Å²) >= 11 is 7.49. The average molecular weight is 323 g/mol. The summed E-state index contributed by atoms with van der Waals surface area (Å²) in [6, 6.07) is 7.42. The lowest BCUT2D eigenvalue weighted by atomic mass is 10.2. The number of hydrogen-bond acceptors (Lipinski definition) is 5. The number of aromatic nitrogens is 2. The molecule has 3 aromatic rings. The number of thiazole rings is 1. The van der Waals surface area contributed by atoms with Gasteiger partial charge in [-0.2, -0.15) is 9.38 Å². The van der Waals surface area contributed by atoms with E-state index in [4.69, 9.17) is 11.6 Å². The van der Waals surface area contributed by atoms with Gasteiger partial charge in [-0.3, -0.25) is 0 Å². The quantitative estimate of drug-likeness (QED) is 0.544. The third kappa shape index (κ3) is 2.45. The van der Waals surface area contributed by atoms with Gasteiger partial charge in [0.15, 0.2) is 0 Å². The average Bonchev–Trinajstić information content (AvgIpc) is 3.00. The second-order valence-corrected chi connectivity index (χ2v) is 5.80. The molecule has 21 heavy (non-hydrogen) atoms. The lowest BCUT2D eigenvalue weighted by molar-refractivity contribution is -0.389. The molecule has 0 saturated heterocycles. The highest BCUT2D eigenvalue weighted by atomic mass is 35.5. The monoisotopic (exact) mass is 322 g/mol. The predicted molar refractivity (Wildman–Crippen MR) is 83.3 cm³/mol.